The average Bonchev–Trinajstić information content (AvgIpc) is 3.29. The lowest BCUT2D eigenvalue weighted by atomic mass is 10.2. The Balaban J connectivity index is 1.67. The van der Waals surface area contributed by atoms with Crippen molar-refractivity contribution in [2.75, 3.05) is 23.0 Å². The van der Waals surface area contributed by atoms with Gasteiger partial charge in [0.05, 0.1) is 22.2 Å². The highest BCUT2D eigenvalue weighted by molar-refractivity contribution is 8.03. The summed E-state index contributed by atoms with van der Waals surface area (Å²) in [5, 5.41) is 1.93. The Morgan fingerprint density at radius 1 is 0.974 bits per heavy atom. The van der Waals surface area contributed by atoms with Crippen molar-refractivity contribution in [1.29, 1.82) is 0 Å². The molecule has 0 fully saturated rings. The van der Waals surface area contributed by atoms with Crippen LogP contribution in [0, 0.1) is 13.8 Å². The van der Waals surface area contributed by atoms with Crippen LogP contribution in [0.25, 0.3) is 16.3 Å². The number of benzene rings is 2. The van der Waals surface area contributed by atoms with E-state index in [-0.39, 0.29) is 24.3 Å². The third-order valence-corrected chi connectivity index (χ3v) is 9.88. The lowest BCUT2D eigenvalue weighted by molar-refractivity contribution is -0.668. The number of aromatic nitrogens is 1. The molecule has 0 saturated heterocycles. The van der Waals surface area contributed by atoms with Gasteiger partial charge in [0.15, 0.2) is 6.54 Å². The summed E-state index contributed by atoms with van der Waals surface area (Å²) >= 11 is 3.23. The number of hydrogen-bond donors (Lipinski definition) is 2. The van der Waals surface area contributed by atoms with Gasteiger partial charge < -0.3 is 4.90 Å². The van der Waals surface area contributed by atoms with E-state index in [2.05, 4.69) is 45.9 Å². The Labute approximate surface area is 232 Å². The summed E-state index contributed by atoms with van der Waals surface area (Å²) in [7, 11) is -8.08. The van der Waals surface area contributed by atoms with Gasteiger partial charge in [-0.1, -0.05) is 35.2 Å². The first-order chi connectivity index (χ1) is 17.8. The number of aryl methyl sites for hydroxylation is 3. The summed E-state index contributed by atoms with van der Waals surface area (Å²) in [5.74, 6) is -0.607. The lowest BCUT2D eigenvalue weighted by Crippen LogP contribution is -2.36. The SMILES string of the molecule is CC(=Cc1sc2ccc(C)cc2[n+]1CCCS(=O)(=O)O)C=C1Sc2ccc(C)cc2N1CCCS(=O)(=O)O. The molecule has 0 saturated carbocycles. The minimum atomic E-state index is -4.04. The summed E-state index contributed by atoms with van der Waals surface area (Å²) in [5.41, 5.74) is 5.21. The number of nitrogens with zero attached hydrogens (tertiary/aromatic N) is 2. The molecule has 0 radical (unpaired) electrons. The van der Waals surface area contributed by atoms with Gasteiger partial charge in [-0.25, -0.2) is 0 Å². The molecule has 4 rings (SSSR count). The molecular weight excluding hydrogens is 565 g/mol. The number of thiazole rings is 1. The summed E-state index contributed by atoms with van der Waals surface area (Å²) in [6.07, 6.45) is 4.70. The molecule has 2 heterocycles. The second kappa shape index (κ2) is 11.5. The molecule has 12 heteroatoms. The minimum Gasteiger partial charge on any atom is -0.335 e. The monoisotopic (exact) mass is 595 g/mol. The molecule has 2 aromatic carbocycles. The Hall–Kier alpha value is -2.22. The van der Waals surface area contributed by atoms with Gasteiger partial charge in [-0.05, 0) is 68.2 Å². The van der Waals surface area contributed by atoms with Crippen LogP contribution >= 0.6 is 23.1 Å². The molecule has 1 aliphatic heterocycles. The summed E-state index contributed by atoms with van der Waals surface area (Å²) in [6.45, 7) is 6.91. The maximum Gasteiger partial charge on any atom is 0.265 e. The Morgan fingerprint density at radius 3 is 2.34 bits per heavy atom. The number of thioether (sulfide) groups is 1. The molecule has 0 spiro atoms. The quantitative estimate of drug-likeness (QED) is 0.242. The highest BCUT2D eigenvalue weighted by atomic mass is 32.2. The second-order valence-electron chi connectivity index (χ2n) is 9.44. The van der Waals surface area contributed by atoms with Gasteiger partial charge in [-0.3, -0.25) is 9.11 Å². The Kier molecular flexibility index (Phi) is 8.70. The lowest BCUT2D eigenvalue weighted by Gasteiger charge is -2.20. The van der Waals surface area contributed by atoms with E-state index in [4.69, 9.17) is 0 Å². The van der Waals surface area contributed by atoms with Crippen molar-refractivity contribution < 1.29 is 30.5 Å². The maximum atomic E-state index is 11.3. The first kappa shape index (κ1) is 28.8. The third-order valence-electron chi connectivity index (χ3n) is 6.04. The van der Waals surface area contributed by atoms with Crippen LogP contribution in [0.15, 0.2) is 58.0 Å². The van der Waals surface area contributed by atoms with Crippen LogP contribution in [0.5, 0.6) is 0 Å². The smallest absolute Gasteiger partial charge is 0.265 e. The molecule has 0 atom stereocenters. The fraction of sp³-hybridized carbons (Fsp3) is 0.346. The van der Waals surface area contributed by atoms with Gasteiger partial charge in [0.25, 0.3) is 25.2 Å². The number of fused-ring (bicyclic) bond motifs is 2. The highest BCUT2D eigenvalue weighted by Crippen LogP contribution is 2.46. The van der Waals surface area contributed by atoms with Gasteiger partial charge in [-0.2, -0.15) is 21.4 Å². The van der Waals surface area contributed by atoms with Crippen LogP contribution in [-0.2, 0) is 26.8 Å². The molecule has 38 heavy (non-hydrogen) atoms. The zero-order valence-corrected chi connectivity index (χ0v) is 24.7. The molecule has 1 aromatic heterocycles. The number of allylic oxidation sites excluding steroid dienone is 2. The van der Waals surface area contributed by atoms with Crippen LogP contribution in [0.1, 0.15) is 35.9 Å². The number of rotatable bonds is 10. The first-order valence-electron chi connectivity index (χ1n) is 12.1. The van der Waals surface area contributed by atoms with Crippen LogP contribution < -0.4 is 9.47 Å². The van der Waals surface area contributed by atoms with Crippen molar-refractivity contribution >= 4 is 65.3 Å². The second-order valence-corrected chi connectivity index (χ2v) is 14.7. The summed E-state index contributed by atoms with van der Waals surface area (Å²) in [6, 6.07) is 12.4. The zero-order chi connectivity index (χ0) is 27.7. The van der Waals surface area contributed by atoms with Crippen molar-refractivity contribution in [3.63, 3.8) is 0 Å². The third kappa shape index (κ3) is 7.45. The molecule has 1 aliphatic rings. The van der Waals surface area contributed by atoms with E-state index in [0.29, 0.717) is 13.1 Å². The van der Waals surface area contributed by atoms with Crippen LogP contribution in [0.3, 0.4) is 0 Å². The van der Waals surface area contributed by atoms with Crippen molar-refractivity contribution in [3.8, 4) is 0 Å². The largest absolute Gasteiger partial charge is 0.335 e. The van der Waals surface area contributed by atoms with Gasteiger partial charge in [0.2, 0.25) is 5.52 Å². The first-order valence-corrected chi connectivity index (χ1v) is 16.9. The molecular formula is C26H31N2O6S4+. The predicted octanol–water partition coefficient (Wildman–Crippen LogP) is 5.22. The van der Waals surface area contributed by atoms with Gasteiger partial charge in [0, 0.05) is 30.0 Å². The molecule has 0 unspecified atom stereocenters. The number of hydrogen-bond acceptors (Lipinski definition) is 7. The predicted molar refractivity (Wildman–Crippen MR) is 155 cm³/mol. The molecule has 3 aromatic rings. The molecule has 0 amide bonds. The molecule has 2 N–H and O–H groups in total. The van der Waals surface area contributed by atoms with Crippen molar-refractivity contribution in [2.24, 2.45) is 0 Å². The normalized spacial score (nSPS) is 15.6. The maximum absolute atomic E-state index is 11.3. The Bertz CT molecular complexity index is 1640. The topological polar surface area (TPSA) is 116 Å². The highest BCUT2D eigenvalue weighted by Gasteiger charge is 2.26. The van der Waals surface area contributed by atoms with E-state index in [0.717, 1.165) is 47.5 Å². The minimum absolute atomic E-state index is 0.288. The fourth-order valence-electron chi connectivity index (χ4n) is 4.34. The van der Waals surface area contributed by atoms with Gasteiger partial charge in [0.1, 0.15) is 4.70 Å². The number of anilines is 1. The van der Waals surface area contributed by atoms with E-state index in [1.54, 1.807) is 23.1 Å². The van der Waals surface area contributed by atoms with Gasteiger partial charge in [-0.15, -0.1) is 0 Å². The summed E-state index contributed by atoms with van der Waals surface area (Å²) < 4.78 is 66.7. The Morgan fingerprint density at radius 2 is 1.63 bits per heavy atom. The van der Waals surface area contributed by atoms with Crippen LogP contribution in [0.4, 0.5) is 5.69 Å². The standard InChI is InChI=1S/C26H30N2O6S4/c1-18-6-8-23-21(14-18)27(10-4-12-37(29,30)31)25(35-23)16-20(3)17-26-28(11-5-13-38(32,33)34)22-15-19(2)7-9-24(22)36-26/h6-9,14-17H,4-5,10-13H2,1-3H3,(H-,29,30,31,32,33,34)/p+1. The van der Waals surface area contributed by atoms with Crippen molar-refractivity contribution in [3.05, 3.63) is 69.2 Å². The molecule has 8 nitrogen and oxygen atoms in total. The average molecular weight is 596 g/mol. The molecule has 204 valence electrons. The fourth-order valence-corrected chi connectivity index (χ4v) is 7.69. The van der Waals surface area contributed by atoms with Crippen LogP contribution in [0.2, 0.25) is 0 Å². The van der Waals surface area contributed by atoms with Crippen LogP contribution in [-0.4, -0.2) is 44.0 Å². The van der Waals surface area contributed by atoms with E-state index < -0.39 is 20.2 Å². The molecule has 0 bridgehead atoms. The summed E-state index contributed by atoms with van der Waals surface area (Å²) in [4.78, 5) is 3.17. The van der Waals surface area contributed by atoms with Crippen molar-refractivity contribution in [1.82, 2.24) is 0 Å². The van der Waals surface area contributed by atoms with E-state index >= 15 is 0 Å². The van der Waals surface area contributed by atoms with E-state index in [1.165, 1.54) is 0 Å². The van der Waals surface area contributed by atoms with E-state index in [9.17, 15) is 25.9 Å². The molecule has 0 aliphatic carbocycles. The zero-order valence-electron chi connectivity index (χ0n) is 21.4. The van der Waals surface area contributed by atoms with E-state index in [1.807, 2.05) is 32.9 Å². The van der Waals surface area contributed by atoms with Gasteiger partial charge >= 0.3 is 0 Å². The van der Waals surface area contributed by atoms with Crippen molar-refractivity contribution in [2.45, 2.75) is 45.1 Å².